The average Bonchev–Trinajstić information content (AvgIpc) is 2.82. The number of fused-ring (bicyclic) bond motifs is 1. The number of hydrogen-bond acceptors (Lipinski definition) is 9. The van der Waals surface area contributed by atoms with E-state index >= 15 is 0 Å². The predicted molar refractivity (Wildman–Crippen MR) is 122 cm³/mol. The summed E-state index contributed by atoms with van der Waals surface area (Å²) in [5.41, 5.74) is 2.03. The maximum Gasteiger partial charge on any atom is 0.340 e. The Labute approximate surface area is 194 Å². The van der Waals surface area contributed by atoms with E-state index in [1.165, 1.54) is 48.9 Å². The summed E-state index contributed by atoms with van der Waals surface area (Å²) in [4.78, 5) is 40.7. The highest BCUT2D eigenvalue weighted by molar-refractivity contribution is 7.92. The van der Waals surface area contributed by atoms with Gasteiger partial charge in [-0.2, -0.15) is 0 Å². The number of amides is 1. The molecule has 0 spiro atoms. The summed E-state index contributed by atoms with van der Waals surface area (Å²) >= 11 is 0. The summed E-state index contributed by atoms with van der Waals surface area (Å²) in [6.45, 7) is 1.17. The molecule has 12 heteroatoms. The molecule has 0 unspecified atom stereocenters. The van der Waals surface area contributed by atoms with Gasteiger partial charge in [-0.15, -0.1) is 0 Å². The zero-order valence-electron chi connectivity index (χ0n) is 17.8. The highest BCUT2D eigenvalue weighted by atomic mass is 32.2. The Morgan fingerprint density at radius 2 is 1.71 bits per heavy atom. The van der Waals surface area contributed by atoms with E-state index in [9.17, 15) is 18.0 Å². The van der Waals surface area contributed by atoms with Gasteiger partial charge in [-0.05, 0) is 49.4 Å². The number of ether oxygens (including phenoxy) is 1. The number of para-hydroxylation sites is 1. The molecule has 0 aliphatic rings. The van der Waals surface area contributed by atoms with Gasteiger partial charge >= 0.3 is 5.97 Å². The Kier molecular flexibility index (Phi) is 6.41. The predicted octanol–water partition coefficient (Wildman–Crippen LogP) is 2.32. The van der Waals surface area contributed by atoms with Gasteiger partial charge in [0.15, 0.2) is 6.61 Å². The zero-order valence-corrected chi connectivity index (χ0v) is 18.6. The van der Waals surface area contributed by atoms with Crippen LogP contribution in [-0.2, 0) is 19.6 Å². The van der Waals surface area contributed by atoms with E-state index in [0.717, 1.165) is 0 Å². The van der Waals surface area contributed by atoms with E-state index in [0.29, 0.717) is 22.4 Å². The van der Waals surface area contributed by atoms with E-state index in [1.54, 1.807) is 25.1 Å². The lowest BCUT2D eigenvalue weighted by Gasteiger charge is -2.09. The molecule has 4 rings (SSSR count). The first kappa shape index (κ1) is 22.7. The van der Waals surface area contributed by atoms with Gasteiger partial charge in [-0.1, -0.05) is 6.07 Å². The number of nitrogens with zero attached hydrogens (tertiary/aromatic N) is 4. The number of hydrogen-bond donors (Lipinski definition) is 2. The molecule has 2 aromatic carbocycles. The van der Waals surface area contributed by atoms with Crippen molar-refractivity contribution in [3.05, 3.63) is 78.4 Å². The Balaban J connectivity index is 1.36. The minimum atomic E-state index is -3.91. The number of anilines is 2. The second-order valence-electron chi connectivity index (χ2n) is 7.01. The van der Waals surface area contributed by atoms with Gasteiger partial charge in [0.05, 0.1) is 16.0 Å². The van der Waals surface area contributed by atoms with Crippen LogP contribution >= 0.6 is 0 Å². The summed E-state index contributed by atoms with van der Waals surface area (Å²) in [7, 11) is -3.91. The van der Waals surface area contributed by atoms with Crippen molar-refractivity contribution >= 4 is 44.6 Å². The maximum atomic E-state index is 12.5. The van der Waals surface area contributed by atoms with Crippen molar-refractivity contribution in [2.24, 2.45) is 0 Å². The van der Waals surface area contributed by atoms with Gasteiger partial charge < -0.3 is 10.1 Å². The Morgan fingerprint density at radius 3 is 2.47 bits per heavy atom. The van der Waals surface area contributed by atoms with Crippen LogP contribution in [0.5, 0.6) is 0 Å². The SMILES string of the molecule is Cc1ccnc(NS(=O)(=O)c2ccc(NC(=O)COC(=O)c3cccc4nccnc34)cc2)n1. The molecule has 4 aromatic rings. The summed E-state index contributed by atoms with van der Waals surface area (Å²) in [6, 6.07) is 12.0. The van der Waals surface area contributed by atoms with Gasteiger partial charge in [-0.25, -0.2) is 27.9 Å². The van der Waals surface area contributed by atoms with Crippen molar-refractivity contribution < 1.29 is 22.7 Å². The number of esters is 1. The number of rotatable bonds is 7. The molecule has 2 N–H and O–H groups in total. The van der Waals surface area contributed by atoms with Crippen molar-refractivity contribution in [3.8, 4) is 0 Å². The van der Waals surface area contributed by atoms with Crippen LogP contribution in [0.15, 0.2) is 72.0 Å². The van der Waals surface area contributed by atoms with Crippen molar-refractivity contribution in [1.82, 2.24) is 19.9 Å². The molecule has 0 aliphatic heterocycles. The Morgan fingerprint density at radius 1 is 0.941 bits per heavy atom. The molecule has 0 saturated heterocycles. The summed E-state index contributed by atoms with van der Waals surface area (Å²) in [6.07, 6.45) is 4.41. The molecule has 0 saturated carbocycles. The molecular formula is C22H18N6O5S. The molecule has 11 nitrogen and oxygen atoms in total. The molecule has 0 aliphatic carbocycles. The van der Waals surface area contributed by atoms with Crippen molar-refractivity contribution in [1.29, 1.82) is 0 Å². The Bertz CT molecular complexity index is 1470. The number of carbonyl (C=O) groups is 2. The minimum absolute atomic E-state index is 0.0425. The van der Waals surface area contributed by atoms with Gasteiger partial charge in [0.1, 0.15) is 5.52 Å². The van der Waals surface area contributed by atoms with Gasteiger partial charge in [0, 0.05) is 30.0 Å². The average molecular weight is 478 g/mol. The lowest BCUT2D eigenvalue weighted by Crippen LogP contribution is -2.21. The number of nitrogens with one attached hydrogen (secondary N) is 2. The van der Waals surface area contributed by atoms with Crippen LogP contribution < -0.4 is 10.0 Å². The lowest BCUT2D eigenvalue weighted by atomic mass is 10.2. The van der Waals surface area contributed by atoms with E-state index in [4.69, 9.17) is 4.74 Å². The standard InChI is InChI=1S/C22H18N6O5S/c1-14-9-10-25-22(26-14)28-34(31,32)16-7-5-15(6-8-16)27-19(29)13-33-21(30)17-3-2-4-18-20(17)24-12-11-23-18/h2-12H,13H2,1H3,(H,27,29)(H,25,26,28). The Hall–Kier alpha value is -4.45. The number of aromatic nitrogens is 4. The third-order valence-electron chi connectivity index (χ3n) is 4.52. The fourth-order valence-electron chi connectivity index (χ4n) is 2.96. The van der Waals surface area contributed by atoms with E-state index in [1.807, 2.05) is 0 Å². The first-order valence-corrected chi connectivity index (χ1v) is 11.4. The van der Waals surface area contributed by atoms with E-state index in [-0.39, 0.29) is 16.4 Å². The number of sulfonamides is 1. The molecule has 0 atom stereocenters. The largest absolute Gasteiger partial charge is 0.452 e. The topological polar surface area (TPSA) is 153 Å². The third kappa shape index (κ3) is 5.30. The summed E-state index contributed by atoms with van der Waals surface area (Å²) in [5, 5.41) is 2.54. The number of carbonyl (C=O) groups excluding carboxylic acids is 2. The van der Waals surface area contributed by atoms with Crippen LogP contribution in [0.3, 0.4) is 0 Å². The minimum Gasteiger partial charge on any atom is -0.452 e. The molecule has 0 bridgehead atoms. The van der Waals surface area contributed by atoms with Crippen LogP contribution in [-0.4, -0.2) is 46.8 Å². The highest BCUT2D eigenvalue weighted by Gasteiger charge is 2.17. The smallest absolute Gasteiger partial charge is 0.340 e. The maximum absolute atomic E-state index is 12.5. The lowest BCUT2D eigenvalue weighted by molar-refractivity contribution is -0.119. The normalized spacial score (nSPS) is 11.1. The summed E-state index contributed by atoms with van der Waals surface area (Å²) < 4.78 is 32.4. The number of benzene rings is 2. The molecule has 172 valence electrons. The van der Waals surface area contributed by atoms with Crippen LogP contribution in [0.25, 0.3) is 11.0 Å². The molecule has 2 aromatic heterocycles. The molecule has 1 amide bonds. The number of aryl methyl sites for hydroxylation is 1. The third-order valence-corrected chi connectivity index (χ3v) is 5.87. The molecule has 34 heavy (non-hydrogen) atoms. The van der Waals surface area contributed by atoms with Gasteiger partial charge in [0.25, 0.3) is 15.9 Å². The monoisotopic (exact) mass is 478 g/mol. The van der Waals surface area contributed by atoms with Gasteiger partial charge in [0.2, 0.25) is 5.95 Å². The second kappa shape index (κ2) is 9.58. The van der Waals surface area contributed by atoms with Crippen LogP contribution in [0, 0.1) is 6.92 Å². The molecule has 0 radical (unpaired) electrons. The second-order valence-corrected chi connectivity index (χ2v) is 8.69. The quantitative estimate of drug-likeness (QED) is 0.381. The van der Waals surface area contributed by atoms with Crippen molar-refractivity contribution in [3.63, 3.8) is 0 Å². The molecule has 0 fully saturated rings. The van der Waals surface area contributed by atoms with E-state index in [2.05, 4.69) is 30.0 Å². The highest BCUT2D eigenvalue weighted by Crippen LogP contribution is 2.17. The van der Waals surface area contributed by atoms with Crippen molar-refractivity contribution in [2.45, 2.75) is 11.8 Å². The van der Waals surface area contributed by atoms with Crippen LogP contribution in [0.4, 0.5) is 11.6 Å². The first-order valence-electron chi connectivity index (χ1n) is 9.91. The molecular weight excluding hydrogens is 460 g/mol. The fourth-order valence-corrected chi connectivity index (χ4v) is 3.91. The molecule has 2 heterocycles. The van der Waals surface area contributed by atoms with Crippen LogP contribution in [0.1, 0.15) is 16.1 Å². The van der Waals surface area contributed by atoms with Gasteiger partial charge in [-0.3, -0.25) is 14.8 Å². The first-order chi connectivity index (χ1) is 16.3. The van der Waals surface area contributed by atoms with E-state index < -0.39 is 28.5 Å². The summed E-state index contributed by atoms with van der Waals surface area (Å²) in [5.74, 6) is -1.36. The zero-order chi connectivity index (χ0) is 24.1. The van der Waals surface area contributed by atoms with Crippen molar-refractivity contribution in [2.75, 3.05) is 16.6 Å². The fraction of sp³-hybridized carbons (Fsp3) is 0.0909. The van der Waals surface area contributed by atoms with Crippen LogP contribution in [0.2, 0.25) is 0 Å².